The molecule has 18 heavy (non-hydrogen) atoms. The van der Waals surface area contributed by atoms with Gasteiger partial charge in [0, 0.05) is 11.4 Å². The van der Waals surface area contributed by atoms with Crippen molar-refractivity contribution in [3.8, 4) is 0 Å². The molecule has 1 heterocycles. The van der Waals surface area contributed by atoms with Gasteiger partial charge in [-0.25, -0.2) is 0 Å². The molecule has 1 saturated carbocycles. The quantitative estimate of drug-likeness (QED) is 0.781. The third-order valence-corrected chi connectivity index (χ3v) is 5.34. The first-order valence-corrected chi connectivity index (χ1v) is 8.09. The van der Waals surface area contributed by atoms with E-state index in [-0.39, 0.29) is 0 Å². The molecule has 1 aliphatic rings. The average Bonchev–Trinajstić information content (AvgIpc) is 2.82. The smallest absolute Gasteiger partial charge is 0.0931 e. The second-order valence-electron chi connectivity index (χ2n) is 5.40. The van der Waals surface area contributed by atoms with E-state index < -0.39 is 0 Å². The lowest BCUT2D eigenvalue weighted by molar-refractivity contribution is 0.181. The van der Waals surface area contributed by atoms with Crippen molar-refractivity contribution in [3.63, 3.8) is 0 Å². The first-order chi connectivity index (χ1) is 8.74. The maximum absolute atomic E-state index is 5.99. The van der Waals surface area contributed by atoms with E-state index in [0.29, 0.717) is 5.41 Å². The molecule has 0 bridgehead atoms. The predicted molar refractivity (Wildman–Crippen MR) is 80.2 cm³/mol. The summed E-state index contributed by atoms with van der Waals surface area (Å²) in [4.78, 5) is 1.31. The van der Waals surface area contributed by atoms with E-state index in [9.17, 15) is 0 Å². The zero-order valence-corrected chi connectivity index (χ0v) is 12.5. The van der Waals surface area contributed by atoms with Crippen LogP contribution in [0.3, 0.4) is 0 Å². The van der Waals surface area contributed by atoms with Crippen molar-refractivity contribution in [2.24, 2.45) is 11.1 Å². The number of nitrogens with two attached hydrogens (primary N) is 1. The molecule has 0 aliphatic heterocycles. The Morgan fingerprint density at radius 2 is 2.06 bits per heavy atom. The van der Waals surface area contributed by atoms with Crippen molar-refractivity contribution in [2.75, 3.05) is 13.1 Å². The largest absolute Gasteiger partial charge is 0.330 e. The van der Waals surface area contributed by atoms with Gasteiger partial charge < -0.3 is 11.1 Å². The third-order valence-electron chi connectivity index (χ3n) is 4.11. The third kappa shape index (κ3) is 3.95. The Bertz CT molecular complexity index is 358. The van der Waals surface area contributed by atoms with Gasteiger partial charge in [0.05, 0.1) is 4.34 Å². The normalized spacial score (nSPS) is 19.0. The van der Waals surface area contributed by atoms with Crippen LogP contribution in [0.5, 0.6) is 0 Å². The topological polar surface area (TPSA) is 38.0 Å². The molecule has 1 aromatic rings. The molecule has 1 aliphatic carbocycles. The second-order valence-corrected chi connectivity index (χ2v) is 7.20. The van der Waals surface area contributed by atoms with Crippen molar-refractivity contribution in [3.05, 3.63) is 21.3 Å². The Morgan fingerprint density at radius 3 is 2.67 bits per heavy atom. The fourth-order valence-electron chi connectivity index (χ4n) is 2.87. The van der Waals surface area contributed by atoms with Gasteiger partial charge in [0.15, 0.2) is 0 Å². The molecule has 0 amide bonds. The van der Waals surface area contributed by atoms with E-state index in [2.05, 4.69) is 11.4 Å². The van der Waals surface area contributed by atoms with Gasteiger partial charge in [-0.05, 0) is 49.9 Å². The van der Waals surface area contributed by atoms with Crippen LogP contribution in [-0.4, -0.2) is 13.1 Å². The molecule has 0 radical (unpaired) electrons. The van der Waals surface area contributed by atoms with Crippen LogP contribution in [0.15, 0.2) is 12.1 Å². The van der Waals surface area contributed by atoms with Crippen LogP contribution in [0.4, 0.5) is 0 Å². The summed E-state index contributed by atoms with van der Waals surface area (Å²) in [5.41, 5.74) is 6.41. The standard InChI is InChI=1S/C14H23ClN2S/c15-13-5-4-12(18-13)10-17-9-8-14(11-16)6-2-1-3-7-14/h4-5,17H,1-3,6-11,16H2. The van der Waals surface area contributed by atoms with E-state index in [1.54, 1.807) is 11.3 Å². The molecule has 0 atom stereocenters. The van der Waals surface area contributed by atoms with Crippen molar-refractivity contribution < 1.29 is 0 Å². The molecular formula is C14H23ClN2S. The molecule has 1 aromatic heterocycles. The number of rotatable bonds is 6. The van der Waals surface area contributed by atoms with Gasteiger partial charge in [-0.15, -0.1) is 11.3 Å². The second kappa shape index (κ2) is 6.90. The summed E-state index contributed by atoms with van der Waals surface area (Å²) in [7, 11) is 0. The maximum atomic E-state index is 5.99. The summed E-state index contributed by atoms with van der Waals surface area (Å²) in [6.45, 7) is 2.84. The molecule has 4 heteroatoms. The van der Waals surface area contributed by atoms with Crippen LogP contribution in [-0.2, 0) is 6.54 Å². The van der Waals surface area contributed by atoms with Gasteiger partial charge in [0.1, 0.15) is 0 Å². The summed E-state index contributed by atoms with van der Waals surface area (Å²) in [5, 5.41) is 3.52. The van der Waals surface area contributed by atoms with E-state index in [1.165, 1.54) is 43.4 Å². The summed E-state index contributed by atoms with van der Waals surface area (Å²) in [6, 6.07) is 4.06. The lowest BCUT2D eigenvalue weighted by Crippen LogP contribution is -2.35. The Labute approximate surface area is 119 Å². The van der Waals surface area contributed by atoms with Crippen LogP contribution in [0.25, 0.3) is 0 Å². The first kappa shape index (κ1) is 14.3. The highest BCUT2D eigenvalue weighted by atomic mass is 35.5. The summed E-state index contributed by atoms with van der Waals surface area (Å²) in [6.07, 6.45) is 7.95. The molecule has 0 unspecified atom stereocenters. The van der Waals surface area contributed by atoms with Gasteiger partial charge >= 0.3 is 0 Å². The minimum absolute atomic E-state index is 0.415. The van der Waals surface area contributed by atoms with E-state index in [0.717, 1.165) is 24.0 Å². The zero-order chi connectivity index (χ0) is 12.8. The molecule has 1 fully saturated rings. The van der Waals surface area contributed by atoms with Crippen molar-refractivity contribution >= 4 is 22.9 Å². The molecule has 102 valence electrons. The highest BCUT2D eigenvalue weighted by Crippen LogP contribution is 2.37. The van der Waals surface area contributed by atoms with Crippen LogP contribution in [0.2, 0.25) is 4.34 Å². The van der Waals surface area contributed by atoms with Crippen molar-refractivity contribution in [2.45, 2.75) is 45.1 Å². The van der Waals surface area contributed by atoms with Crippen LogP contribution >= 0.6 is 22.9 Å². The van der Waals surface area contributed by atoms with Gasteiger partial charge in [-0.1, -0.05) is 30.9 Å². The molecule has 3 N–H and O–H groups in total. The summed E-state index contributed by atoms with van der Waals surface area (Å²) >= 11 is 7.57. The Kier molecular flexibility index (Phi) is 5.49. The van der Waals surface area contributed by atoms with Gasteiger partial charge in [0.25, 0.3) is 0 Å². The fourth-order valence-corrected chi connectivity index (χ4v) is 3.93. The minimum Gasteiger partial charge on any atom is -0.330 e. The summed E-state index contributed by atoms with van der Waals surface area (Å²) < 4.78 is 0.873. The lowest BCUT2D eigenvalue weighted by atomic mass is 9.72. The summed E-state index contributed by atoms with van der Waals surface area (Å²) in [5.74, 6) is 0. The molecule has 0 spiro atoms. The lowest BCUT2D eigenvalue weighted by Gasteiger charge is -2.36. The Hall–Kier alpha value is -0.0900. The van der Waals surface area contributed by atoms with Gasteiger partial charge in [-0.3, -0.25) is 0 Å². The predicted octanol–water partition coefficient (Wildman–Crippen LogP) is 3.79. The highest BCUT2D eigenvalue weighted by Gasteiger charge is 2.29. The van der Waals surface area contributed by atoms with Gasteiger partial charge in [-0.2, -0.15) is 0 Å². The van der Waals surface area contributed by atoms with E-state index in [4.69, 9.17) is 17.3 Å². The highest BCUT2D eigenvalue weighted by molar-refractivity contribution is 7.16. The first-order valence-electron chi connectivity index (χ1n) is 6.89. The van der Waals surface area contributed by atoms with Crippen molar-refractivity contribution in [1.29, 1.82) is 0 Å². The molecule has 2 rings (SSSR count). The van der Waals surface area contributed by atoms with Crippen molar-refractivity contribution in [1.82, 2.24) is 5.32 Å². The zero-order valence-electron chi connectivity index (χ0n) is 10.9. The van der Waals surface area contributed by atoms with Crippen LogP contribution in [0, 0.1) is 5.41 Å². The minimum atomic E-state index is 0.415. The van der Waals surface area contributed by atoms with Crippen LogP contribution in [0.1, 0.15) is 43.4 Å². The van der Waals surface area contributed by atoms with E-state index >= 15 is 0 Å². The molecule has 0 saturated heterocycles. The number of nitrogens with one attached hydrogen (secondary N) is 1. The number of hydrogen-bond acceptors (Lipinski definition) is 3. The number of halogens is 1. The molecule has 0 aromatic carbocycles. The Balaban J connectivity index is 1.70. The SMILES string of the molecule is NCC1(CCNCc2ccc(Cl)s2)CCCCC1. The molecule has 2 nitrogen and oxygen atoms in total. The van der Waals surface area contributed by atoms with E-state index in [1.807, 2.05) is 6.07 Å². The maximum Gasteiger partial charge on any atom is 0.0931 e. The monoisotopic (exact) mass is 286 g/mol. The number of hydrogen-bond donors (Lipinski definition) is 2. The molecular weight excluding hydrogens is 264 g/mol. The fraction of sp³-hybridized carbons (Fsp3) is 0.714. The van der Waals surface area contributed by atoms with Crippen LogP contribution < -0.4 is 11.1 Å². The average molecular weight is 287 g/mol. The number of thiophene rings is 1. The Morgan fingerprint density at radius 1 is 1.28 bits per heavy atom. The van der Waals surface area contributed by atoms with Gasteiger partial charge in [0.2, 0.25) is 0 Å².